The normalized spacial score (nSPS) is 26.0. The van der Waals surface area contributed by atoms with Gasteiger partial charge in [0.2, 0.25) is 0 Å². The number of rotatable bonds is 3. The summed E-state index contributed by atoms with van der Waals surface area (Å²) in [5, 5.41) is 8.96. The van der Waals surface area contributed by atoms with Gasteiger partial charge in [0.25, 0.3) is 0 Å². The predicted molar refractivity (Wildman–Crippen MR) is 69.5 cm³/mol. The molecule has 2 atom stereocenters. The fourth-order valence-electron chi connectivity index (χ4n) is 3.38. The first-order valence-corrected chi connectivity index (χ1v) is 6.43. The Balaban J connectivity index is 2.32. The van der Waals surface area contributed by atoms with Crippen molar-refractivity contribution in [2.24, 2.45) is 11.1 Å². The minimum atomic E-state index is 0.244. The molecule has 0 aromatic heterocycles. The third-order valence-electron chi connectivity index (χ3n) is 4.66. The van der Waals surface area contributed by atoms with E-state index in [0.717, 1.165) is 24.8 Å². The molecule has 2 heteroatoms. The molecule has 2 nitrogen and oxygen atoms in total. The summed E-state index contributed by atoms with van der Waals surface area (Å²) in [6.07, 6.45) is 3.29. The van der Waals surface area contributed by atoms with Crippen LogP contribution in [0.5, 0.6) is 0 Å². The summed E-state index contributed by atoms with van der Waals surface area (Å²) in [5.74, 6) is 0.529. The molecule has 0 saturated heterocycles. The summed E-state index contributed by atoms with van der Waals surface area (Å²) in [5.41, 5.74) is 8.50. The van der Waals surface area contributed by atoms with Crippen LogP contribution in [0.25, 0.3) is 0 Å². The van der Waals surface area contributed by atoms with Crippen molar-refractivity contribution in [3.05, 3.63) is 35.4 Å². The minimum absolute atomic E-state index is 0.244. The lowest BCUT2D eigenvalue weighted by Gasteiger charge is -2.55. The van der Waals surface area contributed by atoms with Crippen LogP contribution >= 0.6 is 0 Å². The number of nitriles is 1. The molecule has 0 heterocycles. The first-order valence-electron chi connectivity index (χ1n) is 6.43. The minimum Gasteiger partial charge on any atom is -0.327 e. The second-order valence-corrected chi connectivity index (χ2v) is 5.07. The summed E-state index contributed by atoms with van der Waals surface area (Å²) in [7, 11) is 0. The van der Waals surface area contributed by atoms with Gasteiger partial charge < -0.3 is 5.73 Å². The van der Waals surface area contributed by atoms with E-state index in [9.17, 15) is 0 Å². The fraction of sp³-hybridized carbons (Fsp3) is 0.533. The molecule has 2 rings (SSSR count). The summed E-state index contributed by atoms with van der Waals surface area (Å²) >= 11 is 0. The highest BCUT2D eigenvalue weighted by molar-refractivity contribution is 5.37. The lowest BCUT2D eigenvalue weighted by Crippen LogP contribution is -2.55. The standard InChI is InChI=1S/C15H20N2/c1-3-15(4-2)13(9-14(15)17)12-7-5-6-11(8-12)10-16/h5-8,13-14H,3-4,9,17H2,1-2H3. The predicted octanol–water partition coefficient (Wildman–Crippen LogP) is 3.18. The van der Waals surface area contributed by atoms with Crippen LogP contribution in [0.1, 0.15) is 50.2 Å². The van der Waals surface area contributed by atoms with Crippen LogP contribution in [0.2, 0.25) is 0 Å². The van der Waals surface area contributed by atoms with Crippen molar-refractivity contribution in [3.63, 3.8) is 0 Å². The van der Waals surface area contributed by atoms with Crippen molar-refractivity contribution in [3.8, 4) is 6.07 Å². The van der Waals surface area contributed by atoms with Gasteiger partial charge >= 0.3 is 0 Å². The number of nitrogens with two attached hydrogens (primary N) is 1. The van der Waals surface area contributed by atoms with E-state index in [1.807, 2.05) is 18.2 Å². The zero-order chi connectivity index (χ0) is 12.5. The van der Waals surface area contributed by atoms with Gasteiger partial charge in [-0.25, -0.2) is 0 Å². The van der Waals surface area contributed by atoms with Crippen molar-refractivity contribution in [1.82, 2.24) is 0 Å². The third kappa shape index (κ3) is 1.75. The lowest BCUT2D eigenvalue weighted by atomic mass is 9.52. The Kier molecular flexibility index (Phi) is 3.22. The van der Waals surface area contributed by atoms with Gasteiger partial charge in [-0.05, 0) is 48.3 Å². The Morgan fingerprint density at radius 3 is 2.65 bits per heavy atom. The molecule has 1 saturated carbocycles. The Morgan fingerprint density at radius 1 is 1.41 bits per heavy atom. The molecule has 1 aromatic rings. The number of benzene rings is 1. The van der Waals surface area contributed by atoms with Crippen molar-refractivity contribution in [2.45, 2.75) is 45.1 Å². The average molecular weight is 228 g/mol. The molecule has 0 aliphatic heterocycles. The summed E-state index contributed by atoms with van der Waals surface area (Å²) < 4.78 is 0. The number of hydrogen-bond acceptors (Lipinski definition) is 2. The molecule has 0 bridgehead atoms. The Morgan fingerprint density at radius 2 is 2.12 bits per heavy atom. The molecule has 0 radical (unpaired) electrons. The molecule has 90 valence electrons. The van der Waals surface area contributed by atoms with Gasteiger partial charge in [-0.2, -0.15) is 5.26 Å². The smallest absolute Gasteiger partial charge is 0.0991 e. The molecule has 17 heavy (non-hydrogen) atoms. The van der Waals surface area contributed by atoms with Crippen LogP contribution in [0, 0.1) is 16.7 Å². The highest BCUT2D eigenvalue weighted by Gasteiger charge is 2.50. The number of hydrogen-bond donors (Lipinski definition) is 1. The van der Waals surface area contributed by atoms with Crippen LogP contribution in [0.15, 0.2) is 24.3 Å². The summed E-state index contributed by atoms with van der Waals surface area (Å²) in [6, 6.07) is 10.5. The van der Waals surface area contributed by atoms with E-state index in [0.29, 0.717) is 12.0 Å². The van der Waals surface area contributed by atoms with E-state index in [1.54, 1.807) is 0 Å². The van der Waals surface area contributed by atoms with Gasteiger partial charge in [0.15, 0.2) is 0 Å². The van der Waals surface area contributed by atoms with E-state index in [1.165, 1.54) is 5.56 Å². The van der Waals surface area contributed by atoms with Gasteiger partial charge in [-0.15, -0.1) is 0 Å². The molecule has 1 fully saturated rings. The van der Waals surface area contributed by atoms with Crippen LogP contribution in [-0.2, 0) is 0 Å². The van der Waals surface area contributed by atoms with Gasteiger partial charge in [-0.3, -0.25) is 0 Å². The zero-order valence-corrected chi connectivity index (χ0v) is 10.6. The van der Waals surface area contributed by atoms with Gasteiger partial charge in [0, 0.05) is 6.04 Å². The maximum Gasteiger partial charge on any atom is 0.0991 e. The van der Waals surface area contributed by atoms with Gasteiger partial charge in [0.05, 0.1) is 11.6 Å². The molecule has 2 unspecified atom stereocenters. The molecule has 0 amide bonds. The van der Waals surface area contributed by atoms with E-state index in [2.05, 4.69) is 26.0 Å². The first kappa shape index (κ1) is 12.1. The van der Waals surface area contributed by atoms with Crippen molar-refractivity contribution < 1.29 is 0 Å². The summed E-state index contributed by atoms with van der Waals surface area (Å²) in [4.78, 5) is 0. The highest BCUT2D eigenvalue weighted by atomic mass is 14.8. The molecular weight excluding hydrogens is 208 g/mol. The van der Waals surface area contributed by atoms with Crippen molar-refractivity contribution in [2.75, 3.05) is 0 Å². The monoisotopic (exact) mass is 228 g/mol. The zero-order valence-electron chi connectivity index (χ0n) is 10.6. The third-order valence-corrected chi connectivity index (χ3v) is 4.66. The maximum absolute atomic E-state index is 8.96. The van der Waals surface area contributed by atoms with E-state index >= 15 is 0 Å². The topological polar surface area (TPSA) is 49.8 Å². The van der Waals surface area contributed by atoms with Crippen molar-refractivity contribution >= 4 is 0 Å². The maximum atomic E-state index is 8.96. The molecule has 1 aliphatic carbocycles. The second-order valence-electron chi connectivity index (χ2n) is 5.07. The highest BCUT2D eigenvalue weighted by Crippen LogP contribution is 2.56. The average Bonchev–Trinajstić information content (AvgIpc) is 2.37. The summed E-state index contributed by atoms with van der Waals surface area (Å²) in [6.45, 7) is 4.45. The SMILES string of the molecule is CCC1(CC)C(N)CC1c1cccc(C#N)c1. The number of nitrogens with zero attached hydrogens (tertiary/aromatic N) is 1. The quantitative estimate of drug-likeness (QED) is 0.863. The molecule has 1 aliphatic rings. The van der Waals surface area contributed by atoms with Crippen LogP contribution < -0.4 is 5.73 Å². The molecular formula is C15H20N2. The van der Waals surface area contributed by atoms with Crippen LogP contribution in [0.4, 0.5) is 0 Å². The van der Waals surface area contributed by atoms with E-state index in [-0.39, 0.29) is 5.41 Å². The Hall–Kier alpha value is -1.33. The lowest BCUT2D eigenvalue weighted by molar-refractivity contribution is 0.0438. The largest absolute Gasteiger partial charge is 0.327 e. The van der Waals surface area contributed by atoms with Gasteiger partial charge in [0.1, 0.15) is 0 Å². The molecule has 2 N–H and O–H groups in total. The van der Waals surface area contributed by atoms with E-state index in [4.69, 9.17) is 11.0 Å². The van der Waals surface area contributed by atoms with Crippen molar-refractivity contribution in [1.29, 1.82) is 5.26 Å². The van der Waals surface area contributed by atoms with Gasteiger partial charge in [-0.1, -0.05) is 26.0 Å². The molecule has 0 spiro atoms. The van der Waals surface area contributed by atoms with E-state index < -0.39 is 0 Å². The Bertz CT molecular complexity index is 440. The fourth-order valence-corrected chi connectivity index (χ4v) is 3.38. The Labute approximate surface area is 103 Å². The van der Waals surface area contributed by atoms with Crippen LogP contribution in [0.3, 0.4) is 0 Å². The second kappa shape index (κ2) is 4.50. The molecule has 1 aromatic carbocycles. The first-order chi connectivity index (χ1) is 8.17. The van der Waals surface area contributed by atoms with Crippen LogP contribution in [-0.4, -0.2) is 6.04 Å².